The van der Waals surface area contributed by atoms with Crippen LogP contribution in [0.4, 0.5) is 5.13 Å². The Hall–Kier alpha value is -1.17. The molecule has 1 heterocycles. The monoisotopic (exact) mass is 284 g/mol. The number of amides is 1. The highest BCUT2D eigenvalue weighted by molar-refractivity contribution is 7.17. The van der Waals surface area contributed by atoms with Gasteiger partial charge in [-0.1, -0.05) is 38.0 Å². The van der Waals surface area contributed by atoms with Crippen LogP contribution in [-0.4, -0.2) is 40.6 Å². The van der Waals surface area contributed by atoms with Crippen molar-refractivity contribution in [2.75, 3.05) is 25.0 Å². The van der Waals surface area contributed by atoms with Crippen LogP contribution in [0.3, 0.4) is 0 Å². The van der Waals surface area contributed by atoms with Gasteiger partial charge in [-0.05, 0) is 19.8 Å². The molecule has 1 amide bonds. The van der Waals surface area contributed by atoms with Gasteiger partial charge in [-0.15, -0.1) is 10.2 Å². The van der Waals surface area contributed by atoms with Gasteiger partial charge in [0.05, 0.1) is 0 Å². The van der Waals surface area contributed by atoms with Crippen molar-refractivity contribution in [2.24, 2.45) is 5.92 Å². The zero-order valence-electron chi connectivity index (χ0n) is 12.3. The van der Waals surface area contributed by atoms with E-state index < -0.39 is 0 Å². The molecule has 0 aromatic carbocycles. The maximum Gasteiger partial charge on any atom is 0.284 e. The van der Waals surface area contributed by atoms with Crippen molar-refractivity contribution in [1.82, 2.24) is 15.1 Å². The Morgan fingerprint density at radius 3 is 2.47 bits per heavy atom. The first kappa shape index (κ1) is 15.9. The predicted octanol–water partition coefficient (Wildman–Crippen LogP) is 2.87. The molecule has 0 fully saturated rings. The summed E-state index contributed by atoms with van der Waals surface area (Å²) >= 11 is 1.33. The van der Waals surface area contributed by atoms with Crippen LogP contribution in [0.5, 0.6) is 0 Å². The standard InChI is InChI=1S/C13H24N4OS/c1-5-10(6-2)9-17(8-4)12(18)11-15-16-13(19-11)14-7-3/h10H,5-9H2,1-4H3,(H,14,16). The zero-order chi connectivity index (χ0) is 14.3. The third kappa shape index (κ3) is 4.45. The van der Waals surface area contributed by atoms with E-state index in [1.54, 1.807) is 0 Å². The SMILES string of the molecule is CCNc1nnc(C(=O)N(CC)CC(CC)CC)s1. The highest BCUT2D eigenvalue weighted by Crippen LogP contribution is 2.18. The second kappa shape index (κ2) is 8.09. The van der Waals surface area contributed by atoms with Crippen molar-refractivity contribution in [3.63, 3.8) is 0 Å². The molecule has 0 radical (unpaired) electrons. The Morgan fingerprint density at radius 2 is 1.95 bits per heavy atom. The molecule has 0 unspecified atom stereocenters. The Bertz CT molecular complexity index is 390. The van der Waals surface area contributed by atoms with Gasteiger partial charge in [0, 0.05) is 19.6 Å². The van der Waals surface area contributed by atoms with Gasteiger partial charge in [0.1, 0.15) is 0 Å². The summed E-state index contributed by atoms with van der Waals surface area (Å²) < 4.78 is 0. The molecule has 0 aliphatic carbocycles. The maximum absolute atomic E-state index is 12.4. The summed E-state index contributed by atoms with van der Waals surface area (Å²) in [6.45, 7) is 10.6. The molecule has 0 spiro atoms. The first-order valence-electron chi connectivity index (χ1n) is 7.02. The van der Waals surface area contributed by atoms with E-state index >= 15 is 0 Å². The number of carbonyl (C=O) groups is 1. The molecule has 5 nitrogen and oxygen atoms in total. The number of hydrogen-bond acceptors (Lipinski definition) is 5. The van der Waals surface area contributed by atoms with Crippen LogP contribution in [0, 0.1) is 5.92 Å². The summed E-state index contributed by atoms with van der Waals surface area (Å²) in [5.41, 5.74) is 0. The third-order valence-corrected chi connectivity index (χ3v) is 4.11. The zero-order valence-corrected chi connectivity index (χ0v) is 13.1. The van der Waals surface area contributed by atoms with Gasteiger partial charge >= 0.3 is 0 Å². The van der Waals surface area contributed by atoms with Gasteiger partial charge in [0.25, 0.3) is 5.91 Å². The van der Waals surface area contributed by atoms with E-state index in [9.17, 15) is 4.79 Å². The number of nitrogens with one attached hydrogen (secondary N) is 1. The molecule has 108 valence electrons. The van der Waals surface area contributed by atoms with Crippen LogP contribution in [-0.2, 0) is 0 Å². The molecule has 0 bridgehead atoms. The second-order valence-electron chi connectivity index (χ2n) is 4.47. The molecule has 1 aromatic rings. The molecular formula is C13H24N4OS. The summed E-state index contributed by atoms with van der Waals surface area (Å²) in [7, 11) is 0. The van der Waals surface area contributed by atoms with Crippen LogP contribution in [0.2, 0.25) is 0 Å². The second-order valence-corrected chi connectivity index (χ2v) is 5.45. The topological polar surface area (TPSA) is 58.1 Å². The van der Waals surface area contributed by atoms with E-state index in [2.05, 4.69) is 29.4 Å². The summed E-state index contributed by atoms with van der Waals surface area (Å²) in [5.74, 6) is 0.557. The largest absolute Gasteiger partial charge is 0.360 e. The van der Waals surface area contributed by atoms with E-state index in [-0.39, 0.29) is 5.91 Å². The molecule has 19 heavy (non-hydrogen) atoms. The molecule has 6 heteroatoms. The Balaban J connectivity index is 2.71. The quantitative estimate of drug-likeness (QED) is 0.797. The third-order valence-electron chi connectivity index (χ3n) is 3.24. The smallest absolute Gasteiger partial charge is 0.284 e. The van der Waals surface area contributed by atoms with Crippen LogP contribution >= 0.6 is 11.3 Å². The Morgan fingerprint density at radius 1 is 1.26 bits per heavy atom. The van der Waals surface area contributed by atoms with Crippen LogP contribution < -0.4 is 5.32 Å². The lowest BCUT2D eigenvalue weighted by Gasteiger charge is -2.24. The lowest BCUT2D eigenvalue weighted by molar-refractivity contribution is 0.0733. The van der Waals surface area contributed by atoms with Gasteiger partial charge in [-0.2, -0.15) is 0 Å². The van der Waals surface area contributed by atoms with Crippen molar-refractivity contribution < 1.29 is 4.79 Å². The maximum atomic E-state index is 12.4. The molecule has 0 atom stereocenters. The van der Waals surface area contributed by atoms with E-state index in [0.29, 0.717) is 22.6 Å². The average molecular weight is 284 g/mol. The van der Waals surface area contributed by atoms with Crippen molar-refractivity contribution in [2.45, 2.75) is 40.5 Å². The molecule has 0 saturated heterocycles. The minimum atomic E-state index is -0.00365. The summed E-state index contributed by atoms with van der Waals surface area (Å²) in [5, 5.41) is 12.2. The minimum absolute atomic E-state index is 0.00365. The number of carbonyl (C=O) groups excluding carboxylic acids is 1. The van der Waals surface area contributed by atoms with Gasteiger partial charge in [0.2, 0.25) is 10.1 Å². The van der Waals surface area contributed by atoms with Gasteiger partial charge in [0.15, 0.2) is 0 Å². The molecule has 1 aromatic heterocycles. The van der Waals surface area contributed by atoms with Gasteiger partial charge < -0.3 is 10.2 Å². The number of nitrogens with zero attached hydrogens (tertiary/aromatic N) is 3. The van der Waals surface area contributed by atoms with Crippen molar-refractivity contribution in [3.8, 4) is 0 Å². The van der Waals surface area contributed by atoms with E-state index in [1.807, 2.05) is 18.7 Å². The first-order chi connectivity index (χ1) is 9.15. The fraction of sp³-hybridized carbons (Fsp3) is 0.769. The van der Waals surface area contributed by atoms with E-state index in [0.717, 1.165) is 25.9 Å². The molecule has 0 aliphatic rings. The summed E-state index contributed by atoms with van der Waals surface area (Å²) in [6.07, 6.45) is 2.19. The van der Waals surface area contributed by atoms with Crippen LogP contribution in [0.15, 0.2) is 0 Å². The molecule has 1 N–H and O–H groups in total. The highest BCUT2D eigenvalue weighted by Gasteiger charge is 2.21. The molecule has 1 rings (SSSR count). The number of anilines is 1. The first-order valence-corrected chi connectivity index (χ1v) is 7.84. The van der Waals surface area contributed by atoms with Crippen molar-refractivity contribution >= 4 is 22.4 Å². The number of hydrogen-bond donors (Lipinski definition) is 1. The van der Waals surface area contributed by atoms with Gasteiger partial charge in [-0.25, -0.2) is 0 Å². The highest BCUT2D eigenvalue weighted by atomic mass is 32.1. The van der Waals surface area contributed by atoms with Crippen LogP contribution in [0.25, 0.3) is 0 Å². The van der Waals surface area contributed by atoms with Crippen molar-refractivity contribution in [3.05, 3.63) is 5.01 Å². The van der Waals surface area contributed by atoms with Gasteiger partial charge in [-0.3, -0.25) is 4.79 Å². The molecular weight excluding hydrogens is 260 g/mol. The van der Waals surface area contributed by atoms with Crippen molar-refractivity contribution in [1.29, 1.82) is 0 Å². The fourth-order valence-electron chi connectivity index (χ4n) is 1.88. The predicted molar refractivity (Wildman–Crippen MR) is 79.7 cm³/mol. The summed E-state index contributed by atoms with van der Waals surface area (Å²) in [4.78, 5) is 14.2. The Kier molecular flexibility index (Phi) is 6.77. The molecule has 0 saturated carbocycles. The lowest BCUT2D eigenvalue weighted by atomic mass is 10.0. The number of rotatable bonds is 8. The number of aromatic nitrogens is 2. The lowest BCUT2D eigenvalue weighted by Crippen LogP contribution is -2.35. The van der Waals surface area contributed by atoms with Crippen LogP contribution in [0.1, 0.15) is 50.3 Å². The van der Waals surface area contributed by atoms with E-state index in [1.165, 1.54) is 11.3 Å². The van der Waals surface area contributed by atoms with E-state index in [4.69, 9.17) is 0 Å². The Labute approximate surface area is 119 Å². The normalized spacial score (nSPS) is 10.8. The average Bonchev–Trinajstić information content (AvgIpc) is 2.89. The fourth-order valence-corrected chi connectivity index (χ4v) is 2.66. The minimum Gasteiger partial charge on any atom is -0.360 e. The summed E-state index contributed by atoms with van der Waals surface area (Å²) in [6, 6.07) is 0. The molecule has 0 aliphatic heterocycles.